The predicted molar refractivity (Wildman–Crippen MR) is 240 cm³/mol. The Bertz CT molecular complexity index is 1580. The molecule has 0 saturated carbocycles. The number of methoxy groups -OCH3 is 2. The van der Waals surface area contributed by atoms with Gasteiger partial charge in [0.2, 0.25) is 23.6 Å². The van der Waals surface area contributed by atoms with E-state index in [1.54, 1.807) is 32.4 Å². The fraction of sp³-hybridized carbons (Fsp3) is 0.717. The number of likely N-dealkylation sites (tertiary alicyclic amines) is 1. The fourth-order valence-electron chi connectivity index (χ4n) is 8.85. The van der Waals surface area contributed by atoms with Crippen molar-refractivity contribution >= 4 is 35.0 Å². The van der Waals surface area contributed by atoms with Crippen LogP contribution in [0.5, 0.6) is 0 Å². The van der Waals surface area contributed by atoms with Crippen LogP contribution >= 0.6 is 11.3 Å². The van der Waals surface area contributed by atoms with E-state index in [1.807, 2.05) is 89.3 Å². The van der Waals surface area contributed by atoms with Gasteiger partial charge in [0.25, 0.3) is 0 Å². The molecule has 1 saturated heterocycles. The van der Waals surface area contributed by atoms with Gasteiger partial charge in [0.1, 0.15) is 11.0 Å². The summed E-state index contributed by atoms with van der Waals surface area (Å²) in [4.78, 5) is 67.0. The number of unbranched alkanes of at least 4 members (excludes halogenated alkanes) is 1. The van der Waals surface area contributed by atoms with Crippen molar-refractivity contribution in [2.75, 3.05) is 55.0 Å². The first-order valence-electron chi connectivity index (χ1n) is 22.1. The van der Waals surface area contributed by atoms with Crippen LogP contribution in [0.4, 0.5) is 0 Å². The van der Waals surface area contributed by atoms with Gasteiger partial charge in [0, 0.05) is 39.4 Å². The number of carbonyl (C=O) groups is 4. The maximum absolute atomic E-state index is 14.5. The maximum atomic E-state index is 14.5. The third-order valence-corrected chi connectivity index (χ3v) is 13.3. The lowest BCUT2D eigenvalue weighted by Crippen LogP contribution is -2.60. The molecule has 0 spiro atoms. The number of carbonyl (C=O) groups excluding carboxylic acids is 4. The monoisotopic (exact) mass is 856 g/mol. The van der Waals surface area contributed by atoms with Gasteiger partial charge in [0.05, 0.1) is 48.7 Å². The number of aromatic nitrogens is 1. The number of thiazole rings is 1. The molecule has 0 bridgehead atoms. The summed E-state index contributed by atoms with van der Waals surface area (Å²) in [5.41, 5.74) is 1.09. The van der Waals surface area contributed by atoms with Gasteiger partial charge >= 0.3 is 0 Å². The Morgan fingerprint density at radius 1 is 0.950 bits per heavy atom. The molecule has 338 valence electrons. The average molecular weight is 856 g/mol. The topological polar surface area (TPSA) is 145 Å². The molecule has 1 aliphatic heterocycles. The first-order chi connectivity index (χ1) is 28.6. The zero-order chi connectivity index (χ0) is 44.5. The van der Waals surface area contributed by atoms with Gasteiger partial charge in [-0.1, -0.05) is 85.2 Å². The Hall–Kier alpha value is -3.43. The van der Waals surface area contributed by atoms with Crippen LogP contribution in [0.3, 0.4) is 0 Å². The molecule has 4 amide bonds. The SMILES string of the molecule is CC[C@H](C)C([C@@H](CC(=O)N1CCC[C@H]1[C@H](OC)[C@@H](C)C(=O)N[C@@H](Cc1ccccc1)c1nccs1)OC)N(C)C(=O)[C@@H](NC(=O)C(C(C)C)N(C)CCCCNC)C(C)C. The highest BCUT2D eigenvalue weighted by Crippen LogP contribution is 2.30. The van der Waals surface area contributed by atoms with Gasteiger partial charge < -0.3 is 35.2 Å². The van der Waals surface area contributed by atoms with Gasteiger partial charge in [-0.15, -0.1) is 11.3 Å². The van der Waals surface area contributed by atoms with Gasteiger partial charge in [-0.25, -0.2) is 4.98 Å². The normalized spacial score (nSPS) is 18.4. The number of rotatable bonds is 26. The zero-order valence-electron chi connectivity index (χ0n) is 38.6. The molecule has 2 heterocycles. The van der Waals surface area contributed by atoms with Crippen molar-refractivity contribution in [3.8, 4) is 0 Å². The third kappa shape index (κ3) is 14.1. The molecule has 1 fully saturated rings. The average Bonchev–Trinajstić information content (AvgIpc) is 3.95. The second-order valence-electron chi connectivity index (χ2n) is 17.4. The molecule has 0 radical (unpaired) electrons. The summed E-state index contributed by atoms with van der Waals surface area (Å²) in [5, 5.41) is 12.3. The van der Waals surface area contributed by atoms with Crippen molar-refractivity contribution < 1.29 is 28.7 Å². The van der Waals surface area contributed by atoms with Crippen molar-refractivity contribution in [2.24, 2.45) is 23.7 Å². The number of likely N-dealkylation sites (N-methyl/N-ethyl adjacent to an activating group) is 2. The molecule has 14 heteroatoms. The molecule has 60 heavy (non-hydrogen) atoms. The number of nitrogens with zero attached hydrogens (tertiary/aromatic N) is 4. The third-order valence-electron chi connectivity index (χ3n) is 12.4. The minimum Gasteiger partial charge on any atom is -0.379 e. The van der Waals surface area contributed by atoms with E-state index in [-0.39, 0.29) is 65.9 Å². The number of hydrogen-bond acceptors (Lipinski definition) is 10. The lowest BCUT2D eigenvalue weighted by molar-refractivity contribution is -0.148. The first kappa shape index (κ1) is 50.9. The van der Waals surface area contributed by atoms with Crippen LogP contribution in [0.15, 0.2) is 41.9 Å². The van der Waals surface area contributed by atoms with Gasteiger partial charge in [-0.2, -0.15) is 0 Å². The van der Waals surface area contributed by atoms with E-state index in [0.717, 1.165) is 49.3 Å². The summed E-state index contributed by atoms with van der Waals surface area (Å²) in [6.45, 7) is 16.2. The van der Waals surface area contributed by atoms with E-state index in [4.69, 9.17) is 9.47 Å². The summed E-state index contributed by atoms with van der Waals surface area (Å²) < 4.78 is 12.2. The van der Waals surface area contributed by atoms with E-state index in [9.17, 15) is 19.2 Å². The number of benzene rings is 1. The van der Waals surface area contributed by atoms with Gasteiger partial charge in [0.15, 0.2) is 0 Å². The summed E-state index contributed by atoms with van der Waals surface area (Å²) in [6, 6.07) is 7.82. The van der Waals surface area contributed by atoms with Crippen LogP contribution < -0.4 is 16.0 Å². The van der Waals surface area contributed by atoms with Crippen LogP contribution in [0.25, 0.3) is 0 Å². The number of hydrogen-bond donors (Lipinski definition) is 3. The molecule has 3 rings (SSSR count). The van der Waals surface area contributed by atoms with Crippen molar-refractivity contribution in [3.05, 3.63) is 52.5 Å². The molecule has 2 unspecified atom stereocenters. The van der Waals surface area contributed by atoms with E-state index in [1.165, 1.54) is 11.3 Å². The standard InChI is InChI=1S/C46H77N7O6S/c1-13-32(6)41(52(10)46(57)39(30(2)3)50-44(56)40(31(4)5)51(9)25-18-17-23-47-8)37(58-11)29-38(54)53-26-19-22-36(53)42(59-12)33(7)43(55)49-35(45-48-24-27-60-45)28-34-20-15-14-16-21-34/h14-16,20-21,24,27,30-33,35-37,39-42,47H,13,17-19,22-23,25-26,28-29H2,1-12H3,(H,49,55)(H,50,56)/t32-,33+,35-,36-,37+,39-,40?,41?,42+/m0/s1. The van der Waals surface area contributed by atoms with E-state index in [0.29, 0.717) is 19.4 Å². The van der Waals surface area contributed by atoms with E-state index >= 15 is 0 Å². The van der Waals surface area contributed by atoms with Crippen molar-refractivity contribution in [3.63, 3.8) is 0 Å². The molecule has 1 aliphatic rings. The Morgan fingerprint density at radius 3 is 2.22 bits per heavy atom. The van der Waals surface area contributed by atoms with E-state index in [2.05, 4.69) is 39.7 Å². The Kier molecular flexibility index (Phi) is 21.6. The second kappa shape index (κ2) is 25.5. The quantitative estimate of drug-likeness (QED) is 0.104. The van der Waals surface area contributed by atoms with Crippen LogP contribution in [-0.4, -0.2) is 135 Å². The van der Waals surface area contributed by atoms with Crippen molar-refractivity contribution in [1.82, 2.24) is 35.6 Å². The Balaban J connectivity index is 1.77. The molecule has 9 atom stereocenters. The van der Waals surface area contributed by atoms with E-state index < -0.39 is 30.2 Å². The highest BCUT2D eigenvalue weighted by atomic mass is 32.1. The molecule has 3 N–H and O–H groups in total. The second-order valence-corrected chi connectivity index (χ2v) is 18.3. The summed E-state index contributed by atoms with van der Waals surface area (Å²) in [5.74, 6) is -1.35. The van der Waals surface area contributed by atoms with Crippen LogP contribution in [0.2, 0.25) is 0 Å². The van der Waals surface area contributed by atoms with Crippen molar-refractivity contribution in [1.29, 1.82) is 0 Å². The first-order valence-corrected chi connectivity index (χ1v) is 23.0. The summed E-state index contributed by atoms with van der Waals surface area (Å²) in [7, 11) is 8.87. The van der Waals surface area contributed by atoms with Crippen LogP contribution in [-0.2, 0) is 35.1 Å². The lowest BCUT2D eigenvalue weighted by atomic mass is 9.89. The van der Waals surface area contributed by atoms with Gasteiger partial charge in [-0.05, 0) is 82.6 Å². The summed E-state index contributed by atoms with van der Waals surface area (Å²) in [6.07, 6.45) is 5.44. The Morgan fingerprint density at radius 2 is 1.65 bits per heavy atom. The number of nitrogens with one attached hydrogen (secondary N) is 3. The van der Waals surface area contributed by atoms with Crippen LogP contribution in [0, 0.1) is 23.7 Å². The highest BCUT2D eigenvalue weighted by Gasteiger charge is 2.43. The maximum Gasteiger partial charge on any atom is 0.245 e. The largest absolute Gasteiger partial charge is 0.379 e. The molecule has 13 nitrogen and oxygen atoms in total. The zero-order valence-corrected chi connectivity index (χ0v) is 39.4. The Labute approximate surface area is 365 Å². The van der Waals surface area contributed by atoms with Crippen LogP contribution in [0.1, 0.15) is 104 Å². The molecule has 1 aromatic heterocycles. The minimum atomic E-state index is -0.762. The molecular formula is C46H77N7O6S. The highest BCUT2D eigenvalue weighted by molar-refractivity contribution is 7.09. The summed E-state index contributed by atoms with van der Waals surface area (Å²) >= 11 is 1.51. The van der Waals surface area contributed by atoms with Crippen molar-refractivity contribution in [2.45, 2.75) is 136 Å². The fourth-order valence-corrected chi connectivity index (χ4v) is 9.54. The minimum absolute atomic E-state index is 0.0150. The number of ether oxygens (including phenoxy) is 2. The molecule has 2 aromatic rings. The lowest BCUT2D eigenvalue weighted by Gasteiger charge is -2.41. The molecule has 0 aliphatic carbocycles. The smallest absolute Gasteiger partial charge is 0.245 e. The number of amides is 4. The molecule has 1 aromatic carbocycles. The molecular weight excluding hydrogens is 779 g/mol. The van der Waals surface area contributed by atoms with Gasteiger partial charge in [-0.3, -0.25) is 24.1 Å². The predicted octanol–water partition coefficient (Wildman–Crippen LogP) is 5.56.